The van der Waals surface area contributed by atoms with Crippen LogP contribution in [-0.4, -0.2) is 9.97 Å². The average Bonchev–Trinajstić information content (AvgIpc) is 2.54. The van der Waals surface area contributed by atoms with Gasteiger partial charge in [-0.2, -0.15) is 4.98 Å². The number of nitrogens with one attached hydrogen (secondary N) is 1. The quantitative estimate of drug-likeness (QED) is 0.793. The Bertz CT molecular complexity index is 805. The van der Waals surface area contributed by atoms with Gasteiger partial charge in [0, 0.05) is 11.3 Å². The standard InChI is InChI=1S/C18H14N2O/c21-18-19-16(12-11-14-7-3-1-4-8-14)13-17(20-18)15-9-5-2-6-10-15/h1-13H,(H,19,20,21). The van der Waals surface area contributed by atoms with Crippen LogP contribution >= 0.6 is 0 Å². The van der Waals surface area contributed by atoms with Crippen molar-refractivity contribution in [2.75, 3.05) is 0 Å². The fourth-order valence-corrected chi connectivity index (χ4v) is 2.07. The number of nitrogens with zero attached hydrogens (tertiary/aromatic N) is 1. The van der Waals surface area contributed by atoms with Gasteiger partial charge in [-0.05, 0) is 17.7 Å². The zero-order chi connectivity index (χ0) is 14.5. The Morgan fingerprint density at radius 3 is 2.24 bits per heavy atom. The van der Waals surface area contributed by atoms with E-state index in [2.05, 4.69) is 9.97 Å². The Balaban J connectivity index is 1.95. The van der Waals surface area contributed by atoms with Crippen molar-refractivity contribution < 1.29 is 0 Å². The van der Waals surface area contributed by atoms with E-state index < -0.39 is 0 Å². The summed E-state index contributed by atoms with van der Waals surface area (Å²) in [5.74, 6) is 0. The maximum atomic E-state index is 11.7. The van der Waals surface area contributed by atoms with Gasteiger partial charge in [0.2, 0.25) is 0 Å². The molecule has 0 unspecified atom stereocenters. The topological polar surface area (TPSA) is 45.8 Å². The van der Waals surface area contributed by atoms with Gasteiger partial charge in [-0.25, -0.2) is 4.79 Å². The first-order chi connectivity index (χ1) is 10.3. The number of hydrogen-bond donors (Lipinski definition) is 1. The van der Waals surface area contributed by atoms with Crippen molar-refractivity contribution in [3.8, 4) is 11.3 Å². The van der Waals surface area contributed by atoms with E-state index in [1.807, 2.05) is 78.9 Å². The van der Waals surface area contributed by atoms with Gasteiger partial charge < -0.3 is 4.98 Å². The van der Waals surface area contributed by atoms with Crippen molar-refractivity contribution in [2.45, 2.75) is 0 Å². The molecule has 0 bridgehead atoms. The molecule has 0 amide bonds. The lowest BCUT2D eigenvalue weighted by atomic mass is 10.1. The van der Waals surface area contributed by atoms with Crippen LogP contribution in [0.1, 0.15) is 11.3 Å². The first kappa shape index (κ1) is 13.1. The second kappa shape index (κ2) is 6.01. The monoisotopic (exact) mass is 274 g/mol. The third-order valence-corrected chi connectivity index (χ3v) is 3.09. The van der Waals surface area contributed by atoms with E-state index >= 15 is 0 Å². The third kappa shape index (κ3) is 3.34. The molecular weight excluding hydrogens is 260 g/mol. The Labute approximate surface area is 122 Å². The van der Waals surface area contributed by atoms with E-state index in [1.54, 1.807) is 0 Å². The normalized spacial score (nSPS) is 10.9. The number of hydrogen-bond acceptors (Lipinski definition) is 2. The fraction of sp³-hybridized carbons (Fsp3) is 0. The zero-order valence-electron chi connectivity index (χ0n) is 11.4. The van der Waals surface area contributed by atoms with Gasteiger partial charge in [-0.1, -0.05) is 66.7 Å². The summed E-state index contributed by atoms with van der Waals surface area (Å²) in [6.45, 7) is 0. The molecule has 0 atom stereocenters. The molecule has 102 valence electrons. The van der Waals surface area contributed by atoms with Gasteiger partial charge in [0.15, 0.2) is 0 Å². The molecular formula is C18H14N2O. The molecule has 0 radical (unpaired) electrons. The van der Waals surface area contributed by atoms with E-state index in [1.165, 1.54) is 0 Å². The summed E-state index contributed by atoms with van der Waals surface area (Å²) < 4.78 is 0. The Morgan fingerprint density at radius 2 is 1.52 bits per heavy atom. The van der Waals surface area contributed by atoms with E-state index in [0.29, 0.717) is 5.69 Å². The van der Waals surface area contributed by atoms with Gasteiger partial charge in [-0.15, -0.1) is 0 Å². The first-order valence-corrected chi connectivity index (χ1v) is 6.71. The highest BCUT2D eigenvalue weighted by Gasteiger charge is 2.01. The van der Waals surface area contributed by atoms with Gasteiger partial charge in [0.1, 0.15) is 0 Å². The molecule has 2 aromatic carbocycles. The zero-order valence-corrected chi connectivity index (χ0v) is 11.4. The van der Waals surface area contributed by atoms with Crippen molar-refractivity contribution in [3.05, 3.63) is 88.5 Å². The molecule has 3 heteroatoms. The molecule has 1 aromatic heterocycles. The van der Waals surface area contributed by atoms with Crippen molar-refractivity contribution in [1.29, 1.82) is 0 Å². The maximum Gasteiger partial charge on any atom is 0.345 e. The molecule has 0 saturated carbocycles. The molecule has 1 heterocycles. The van der Waals surface area contributed by atoms with E-state index in [4.69, 9.17) is 0 Å². The minimum atomic E-state index is -0.343. The molecule has 0 spiro atoms. The molecule has 0 saturated heterocycles. The summed E-state index contributed by atoms with van der Waals surface area (Å²) in [7, 11) is 0. The average molecular weight is 274 g/mol. The lowest BCUT2D eigenvalue weighted by Gasteiger charge is -2.01. The highest BCUT2D eigenvalue weighted by atomic mass is 16.1. The Morgan fingerprint density at radius 1 is 0.857 bits per heavy atom. The second-order valence-electron chi connectivity index (χ2n) is 4.64. The minimum absolute atomic E-state index is 0.343. The fourth-order valence-electron chi connectivity index (χ4n) is 2.07. The van der Waals surface area contributed by atoms with Crippen molar-refractivity contribution in [1.82, 2.24) is 9.97 Å². The highest BCUT2D eigenvalue weighted by Crippen LogP contribution is 2.16. The van der Waals surface area contributed by atoms with E-state index in [0.717, 1.165) is 16.8 Å². The smallest absolute Gasteiger partial charge is 0.306 e. The number of benzene rings is 2. The van der Waals surface area contributed by atoms with Crippen LogP contribution in [0.25, 0.3) is 23.4 Å². The molecule has 1 N–H and O–H groups in total. The van der Waals surface area contributed by atoms with Crippen molar-refractivity contribution in [2.24, 2.45) is 0 Å². The second-order valence-corrected chi connectivity index (χ2v) is 4.64. The molecule has 0 aliphatic rings. The SMILES string of the molecule is O=c1nc(-c2ccccc2)cc(C=Cc2ccccc2)[nH]1. The summed E-state index contributed by atoms with van der Waals surface area (Å²) in [4.78, 5) is 18.4. The van der Waals surface area contributed by atoms with Crippen molar-refractivity contribution >= 4 is 12.2 Å². The lowest BCUT2D eigenvalue weighted by Crippen LogP contribution is -2.11. The Kier molecular flexibility index (Phi) is 3.74. The van der Waals surface area contributed by atoms with Crippen molar-refractivity contribution in [3.63, 3.8) is 0 Å². The van der Waals surface area contributed by atoms with Gasteiger partial charge >= 0.3 is 5.69 Å². The third-order valence-electron chi connectivity index (χ3n) is 3.09. The predicted molar refractivity (Wildman–Crippen MR) is 85.7 cm³/mol. The van der Waals surface area contributed by atoms with Gasteiger partial charge in [0.25, 0.3) is 0 Å². The van der Waals surface area contributed by atoms with Crippen LogP contribution in [0, 0.1) is 0 Å². The predicted octanol–water partition coefficient (Wildman–Crippen LogP) is 3.61. The summed E-state index contributed by atoms with van der Waals surface area (Å²) in [6.07, 6.45) is 3.84. The minimum Gasteiger partial charge on any atom is -0.306 e. The van der Waals surface area contributed by atoms with Crippen LogP contribution in [0.15, 0.2) is 71.5 Å². The molecule has 3 rings (SSSR count). The van der Waals surface area contributed by atoms with E-state index in [9.17, 15) is 4.79 Å². The summed E-state index contributed by atoms with van der Waals surface area (Å²) in [6, 6.07) is 21.5. The molecule has 3 nitrogen and oxygen atoms in total. The van der Waals surface area contributed by atoms with Crippen LogP contribution in [0.2, 0.25) is 0 Å². The summed E-state index contributed by atoms with van der Waals surface area (Å²) >= 11 is 0. The van der Waals surface area contributed by atoms with Crippen LogP contribution in [0.5, 0.6) is 0 Å². The van der Waals surface area contributed by atoms with Crippen LogP contribution in [-0.2, 0) is 0 Å². The first-order valence-electron chi connectivity index (χ1n) is 6.71. The maximum absolute atomic E-state index is 11.7. The summed E-state index contributed by atoms with van der Waals surface area (Å²) in [5, 5.41) is 0. The van der Waals surface area contributed by atoms with Gasteiger partial charge in [0.05, 0.1) is 5.69 Å². The molecule has 21 heavy (non-hydrogen) atoms. The number of aromatic nitrogens is 2. The molecule has 0 aliphatic heterocycles. The number of H-pyrrole nitrogens is 1. The molecule has 0 aliphatic carbocycles. The van der Waals surface area contributed by atoms with Crippen LogP contribution in [0.4, 0.5) is 0 Å². The number of rotatable bonds is 3. The largest absolute Gasteiger partial charge is 0.345 e. The summed E-state index contributed by atoms with van der Waals surface area (Å²) in [5.41, 5.74) is 3.07. The van der Waals surface area contributed by atoms with Crippen LogP contribution in [0.3, 0.4) is 0 Å². The number of aromatic amines is 1. The van der Waals surface area contributed by atoms with Crippen LogP contribution < -0.4 is 5.69 Å². The van der Waals surface area contributed by atoms with Gasteiger partial charge in [-0.3, -0.25) is 0 Å². The molecule has 0 fully saturated rings. The Hall–Kier alpha value is -2.94. The lowest BCUT2D eigenvalue weighted by molar-refractivity contribution is 1.07. The molecule has 3 aromatic rings. The highest BCUT2D eigenvalue weighted by molar-refractivity contribution is 5.70. The van der Waals surface area contributed by atoms with E-state index in [-0.39, 0.29) is 5.69 Å².